The number of aliphatic carboxylic acids is 1. The van der Waals surface area contributed by atoms with E-state index >= 15 is 0 Å². The first-order valence-corrected chi connectivity index (χ1v) is 7.91. The summed E-state index contributed by atoms with van der Waals surface area (Å²) in [6, 6.07) is 0.731. The number of piperidine rings is 1. The fourth-order valence-electron chi connectivity index (χ4n) is 3.25. The molecule has 1 amide bonds. The van der Waals surface area contributed by atoms with Crippen molar-refractivity contribution < 1.29 is 14.7 Å². The highest BCUT2D eigenvalue weighted by Crippen LogP contribution is 2.26. The molecule has 2 aliphatic rings. The van der Waals surface area contributed by atoms with Crippen LogP contribution in [0.1, 0.15) is 39.5 Å². The Balaban J connectivity index is 1.87. The van der Waals surface area contributed by atoms with Gasteiger partial charge in [-0.1, -0.05) is 12.2 Å². The van der Waals surface area contributed by atoms with Crippen LogP contribution in [0.25, 0.3) is 0 Å². The molecule has 1 aliphatic heterocycles. The Morgan fingerprint density at radius 2 is 1.71 bits per heavy atom. The highest BCUT2D eigenvalue weighted by atomic mass is 16.4. The zero-order valence-corrected chi connectivity index (χ0v) is 12.9. The summed E-state index contributed by atoms with van der Waals surface area (Å²) in [6.45, 7) is 6.36. The van der Waals surface area contributed by atoms with E-state index < -0.39 is 17.8 Å². The monoisotopic (exact) mass is 294 g/mol. The SMILES string of the molecule is CC(C)N1CCC(NC(=O)[C@@H]2CC=CC[C@H]2C(=O)O)CC1. The van der Waals surface area contributed by atoms with Gasteiger partial charge in [-0.05, 0) is 39.5 Å². The van der Waals surface area contributed by atoms with Crippen molar-refractivity contribution in [1.82, 2.24) is 10.2 Å². The number of likely N-dealkylation sites (tertiary alicyclic amines) is 1. The van der Waals surface area contributed by atoms with Gasteiger partial charge < -0.3 is 15.3 Å². The fourth-order valence-corrected chi connectivity index (χ4v) is 3.25. The lowest BCUT2D eigenvalue weighted by molar-refractivity contribution is -0.147. The van der Waals surface area contributed by atoms with Gasteiger partial charge in [0.25, 0.3) is 0 Å². The molecule has 21 heavy (non-hydrogen) atoms. The molecule has 0 aromatic rings. The van der Waals surface area contributed by atoms with Crippen LogP contribution in [0, 0.1) is 11.8 Å². The van der Waals surface area contributed by atoms with Crippen LogP contribution in [0.5, 0.6) is 0 Å². The van der Waals surface area contributed by atoms with Gasteiger partial charge >= 0.3 is 5.97 Å². The Morgan fingerprint density at radius 3 is 2.24 bits per heavy atom. The Morgan fingerprint density at radius 1 is 1.14 bits per heavy atom. The number of carboxylic acid groups (broad SMARTS) is 1. The van der Waals surface area contributed by atoms with Crippen LogP contribution in [0.4, 0.5) is 0 Å². The van der Waals surface area contributed by atoms with Crippen LogP contribution in [0.3, 0.4) is 0 Å². The highest BCUT2D eigenvalue weighted by Gasteiger charge is 2.35. The predicted octanol–water partition coefficient (Wildman–Crippen LogP) is 1.64. The second-order valence-electron chi connectivity index (χ2n) is 6.41. The Kier molecular flexibility index (Phi) is 5.39. The first-order chi connectivity index (χ1) is 9.99. The van der Waals surface area contributed by atoms with E-state index in [-0.39, 0.29) is 11.9 Å². The van der Waals surface area contributed by atoms with E-state index in [0.717, 1.165) is 25.9 Å². The van der Waals surface area contributed by atoms with E-state index in [0.29, 0.717) is 18.9 Å². The van der Waals surface area contributed by atoms with Gasteiger partial charge in [0, 0.05) is 25.2 Å². The first-order valence-electron chi connectivity index (χ1n) is 7.91. The average Bonchev–Trinajstić information content (AvgIpc) is 2.47. The minimum absolute atomic E-state index is 0.0882. The lowest BCUT2D eigenvalue weighted by Gasteiger charge is -2.35. The lowest BCUT2D eigenvalue weighted by Crippen LogP contribution is -2.49. The molecule has 2 atom stereocenters. The number of carboxylic acids is 1. The van der Waals surface area contributed by atoms with Gasteiger partial charge in [-0.3, -0.25) is 9.59 Å². The average molecular weight is 294 g/mol. The highest BCUT2D eigenvalue weighted by molar-refractivity contribution is 5.85. The maximum absolute atomic E-state index is 12.4. The third-order valence-electron chi connectivity index (χ3n) is 4.69. The van der Waals surface area contributed by atoms with E-state index in [4.69, 9.17) is 0 Å². The smallest absolute Gasteiger partial charge is 0.307 e. The number of carbonyl (C=O) groups excluding carboxylic acids is 1. The molecule has 1 aliphatic carbocycles. The Labute approximate surface area is 126 Å². The number of hydrogen-bond donors (Lipinski definition) is 2. The van der Waals surface area contributed by atoms with Crippen molar-refractivity contribution in [1.29, 1.82) is 0 Å². The van der Waals surface area contributed by atoms with Gasteiger partial charge in [-0.2, -0.15) is 0 Å². The molecular weight excluding hydrogens is 268 g/mol. The standard InChI is InChI=1S/C16H26N2O3/c1-11(2)18-9-7-12(8-10-18)17-15(19)13-5-3-4-6-14(13)16(20)21/h3-4,11-14H,5-10H2,1-2H3,(H,17,19)(H,20,21)/t13-,14-/m1/s1. The van der Waals surface area contributed by atoms with Crippen LogP contribution < -0.4 is 5.32 Å². The van der Waals surface area contributed by atoms with Gasteiger partial charge in [-0.25, -0.2) is 0 Å². The molecule has 0 unspecified atom stereocenters. The molecule has 5 heteroatoms. The zero-order chi connectivity index (χ0) is 15.4. The van der Waals surface area contributed by atoms with Crippen molar-refractivity contribution in [2.75, 3.05) is 13.1 Å². The van der Waals surface area contributed by atoms with Gasteiger partial charge in [0.2, 0.25) is 5.91 Å². The topological polar surface area (TPSA) is 69.6 Å². The van der Waals surface area contributed by atoms with Crippen molar-refractivity contribution in [2.24, 2.45) is 11.8 Å². The third kappa shape index (κ3) is 4.06. The summed E-state index contributed by atoms with van der Waals surface area (Å²) in [5.74, 6) is -1.95. The summed E-state index contributed by atoms with van der Waals surface area (Å²) in [4.78, 5) is 26.0. The quantitative estimate of drug-likeness (QED) is 0.773. The summed E-state index contributed by atoms with van der Waals surface area (Å²) in [5.41, 5.74) is 0. The maximum atomic E-state index is 12.4. The molecule has 1 fully saturated rings. The van der Waals surface area contributed by atoms with Gasteiger partial charge in [0.15, 0.2) is 0 Å². The van der Waals surface area contributed by atoms with Gasteiger partial charge in [0.1, 0.15) is 0 Å². The molecular formula is C16H26N2O3. The minimum atomic E-state index is -0.867. The fraction of sp³-hybridized carbons (Fsp3) is 0.750. The second kappa shape index (κ2) is 7.07. The molecule has 0 aromatic heterocycles. The number of amides is 1. The minimum Gasteiger partial charge on any atom is -0.481 e. The summed E-state index contributed by atoms with van der Waals surface area (Å²) >= 11 is 0. The van der Waals surface area contributed by atoms with Crippen molar-refractivity contribution in [3.05, 3.63) is 12.2 Å². The van der Waals surface area contributed by atoms with Crippen molar-refractivity contribution in [3.63, 3.8) is 0 Å². The summed E-state index contributed by atoms with van der Waals surface area (Å²) in [6.07, 6.45) is 6.68. The maximum Gasteiger partial charge on any atom is 0.307 e. The molecule has 1 heterocycles. The molecule has 0 radical (unpaired) electrons. The molecule has 0 spiro atoms. The Bertz CT molecular complexity index is 412. The van der Waals surface area contributed by atoms with Crippen LogP contribution >= 0.6 is 0 Å². The van der Waals surface area contributed by atoms with Crippen LogP contribution in [-0.4, -0.2) is 47.1 Å². The molecule has 0 aromatic carbocycles. The molecule has 0 saturated carbocycles. The summed E-state index contributed by atoms with van der Waals surface area (Å²) in [7, 11) is 0. The first kappa shape index (κ1) is 16.0. The van der Waals surface area contributed by atoms with Crippen molar-refractivity contribution in [2.45, 2.75) is 51.6 Å². The van der Waals surface area contributed by atoms with E-state index in [1.54, 1.807) is 0 Å². The third-order valence-corrected chi connectivity index (χ3v) is 4.69. The van der Waals surface area contributed by atoms with E-state index in [9.17, 15) is 14.7 Å². The van der Waals surface area contributed by atoms with Crippen LogP contribution in [0.2, 0.25) is 0 Å². The van der Waals surface area contributed by atoms with Gasteiger partial charge in [-0.15, -0.1) is 0 Å². The predicted molar refractivity (Wildman–Crippen MR) is 80.9 cm³/mol. The van der Waals surface area contributed by atoms with Crippen molar-refractivity contribution >= 4 is 11.9 Å². The molecule has 0 bridgehead atoms. The van der Waals surface area contributed by atoms with E-state index in [1.807, 2.05) is 12.2 Å². The van der Waals surface area contributed by atoms with E-state index in [1.165, 1.54) is 0 Å². The largest absolute Gasteiger partial charge is 0.481 e. The summed E-state index contributed by atoms with van der Waals surface area (Å²) < 4.78 is 0. The van der Waals surface area contributed by atoms with E-state index in [2.05, 4.69) is 24.1 Å². The molecule has 2 rings (SSSR count). The molecule has 5 nitrogen and oxygen atoms in total. The molecule has 1 saturated heterocycles. The van der Waals surface area contributed by atoms with Gasteiger partial charge in [0.05, 0.1) is 11.8 Å². The number of nitrogens with one attached hydrogen (secondary N) is 1. The lowest BCUT2D eigenvalue weighted by atomic mass is 9.82. The normalized spacial score (nSPS) is 27.8. The zero-order valence-electron chi connectivity index (χ0n) is 12.9. The number of allylic oxidation sites excluding steroid dienone is 2. The molecule has 2 N–H and O–H groups in total. The van der Waals surface area contributed by atoms with Crippen LogP contribution in [0.15, 0.2) is 12.2 Å². The molecule has 118 valence electrons. The number of carbonyl (C=O) groups is 2. The number of nitrogens with zero attached hydrogens (tertiary/aromatic N) is 1. The van der Waals surface area contributed by atoms with Crippen LogP contribution in [-0.2, 0) is 9.59 Å². The Hall–Kier alpha value is -1.36. The number of hydrogen-bond acceptors (Lipinski definition) is 3. The summed E-state index contributed by atoms with van der Waals surface area (Å²) in [5, 5.41) is 12.3. The second-order valence-corrected chi connectivity index (χ2v) is 6.41. The van der Waals surface area contributed by atoms with Crippen molar-refractivity contribution in [3.8, 4) is 0 Å². The number of rotatable bonds is 4.